The van der Waals surface area contributed by atoms with Crippen LogP contribution in [0, 0.1) is 11.8 Å². The van der Waals surface area contributed by atoms with Crippen LogP contribution in [0.1, 0.15) is 51.9 Å². The quantitative estimate of drug-likeness (QED) is 0.442. The molecule has 5 atom stereocenters. The molecule has 2 saturated heterocycles. The summed E-state index contributed by atoms with van der Waals surface area (Å²) in [5.74, 6) is -0.690. The summed E-state index contributed by atoms with van der Waals surface area (Å²) in [5, 5.41) is 6.20. The molecule has 3 heterocycles. The number of anilines is 1. The summed E-state index contributed by atoms with van der Waals surface area (Å²) in [6.07, 6.45) is 10.2. The van der Waals surface area contributed by atoms with E-state index in [0.717, 1.165) is 44.3 Å². The SMILES string of the molecule is CCCCN1C(=O)[C@@H]2[C@@H](C(=O)Nc3ccc(Oc4ccccc4)cc3)[C@@H]3C=C[C@@]2(O3)[C@@H]1C(=O)NC1CCCCC1. The Balaban J connectivity index is 1.20. The molecule has 3 amide bonds. The lowest BCUT2D eigenvalue weighted by Crippen LogP contribution is -2.56. The van der Waals surface area contributed by atoms with E-state index >= 15 is 0 Å². The number of carbonyl (C=O) groups excluding carboxylic acids is 3. The number of fused-ring (bicyclic) bond motifs is 1. The van der Waals surface area contributed by atoms with E-state index in [1.54, 1.807) is 29.2 Å². The molecule has 0 radical (unpaired) electrons. The van der Waals surface area contributed by atoms with Gasteiger partial charge in [0.1, 0.15) is 23.1 Å². The van der Waals surface area contributed by atoms with Gasteiger partial charge in [0.05, 0.1) is 17.9 Å². The molecule has 1 saturated carbocycles. The third-order valence-electron chi connectivity index (χ3n) is 8.73. The molecule has 40 heavy (non-hydrogen) atoms. The van der Waals surface area contributed by atoms with Gasteiger partial charge in [0.15, 0.2) is 0 Å². The van der Waals surface area contributed by atoms with Crippen LogP contribution in [0.3, 0.4) is 0 Å². The van der Waals surface area contributed by atoms with Crippen LogP contribution >= 0.6 is 0 Å². The Morgan fingerprint density at radius 3 is 2.45 bits per heavy atom. The molecule has 3 fully saturated rings. The van der Waals surface area contributed by atoms with Crippen molar-refractivity contribution in [1.29, 1.82) is 0 Å². The maximum Gasteiger partial charge on any atom is 0.246 e. The van der Waals surface area contributed by atoms with Crippen LogP contribution in [0.2, 0.25) is 0 Å². The lowest BCUT2D eigenvalue weighted by molar-refractivity contribution is -0.141. The summed E-state index contributed by atoms with van der Waals surface area (Å²) in [7, 11) is 0. The minimum Gasteiger partial charge on any atom is -0.457 e. The second-order valence-electron chi connectivity index (χ2n) is 11.4. The lowest BCUT2D eigenvalue weighted by atomic mass is 9.74. The van der Waals surface area contributed by atoms with Gasteiger partial charge in [-0.15, -0.1) is 0 Å². The highest BCUT2D eigenvalue weighted by atomic mass is 16.5. The fourth-order valence-electron chi connectivity index (χ4n) is 6.82. The topological polar surface area (TPSA) is 97.0 Å². The van der Waals surface area contributed by atoms with Crippen molar-refractivity contribution in [3.63, 3.8) is 0 Å². The number of amides is 3. The maximum atomic E-state index is 13.9. The van der Waals surface area contributed by atoms with Crippen molar-refractivity contribution in [1.82, 2.24) is 10.2 Å². The second-order valence-corrected chi connectivity index (χ2v) is 11.4. The number of ether oxygens (including phenoxy) is 2. The van der Waals surface area contributed by atoms with Crippen LogP contribution in [0.4, 0.5) is 5.69 Å². The number of benzene rings is 2. The third-order valence-corrected chi connectivity index (χ3v) is 8.73. The van der Waals surface area contributed by atoms with Crippen LogP contribution in [-0.2, 0) is 19.1 Å². The molecule has 2 aromatic rings. The number of hydrogen-bond acceptors (Lipinski definition) is 5. The van der Waals surface area contributed by atoms with Crippen molar-refractivity contribution >= 4 is 23.4 Å². The van der Waals surface area contributed by atoms with Crippen LogP contribution in [0.15, 0.2) is 66.7 Å². The van der Waals surface area contributed by atoms with E-state index in [0.29, 0.717) is 18.0 Å². The molecule has 8 nitrogen and oxygen atoms in total. The summed E-state index contributed by atoms with van der Waals surface area (Å²) in [6, 6.07) is 16.0. The van der Waals surface area contributed by atoms with Crippen molar-refractivity contribution < 1.29 is 23.9 Å². The number of carbonyl (C=O) groups is 3. The summed E-state index contributed by atoms with van der Waals surface area (Å²) in [5.41, 5.74) is -0.519. The fourth-order valence-corrected chi connectivity index (χ4v) is 6.82. The Kier molecular flexibility index (Phi) is 7.36. The molecule has 210 valence electrons. The standard InChI is InChI=1S/C32H37N3O5/c1-2-3-20-35-28(30(37)34-21-10-6-4-7-11-21)32-19-18-25(40-32)26(27(32)31(35)38)29(36)33-22-14-16-24(17-15-22)39-23-12-8-5-9-13-23/h5,8-9,12-19,21,25-28H,2-4,6-7,10-11,20H2,1H3,(H,33,36)(H,34,37)/t25-,26-,27-,28-,32-/m0/s1. The molecule has 2 bridgehead atoms. The smallest absolute Gasteiger partial charge is 0.246 e. The van der Waals surface area contributed by atoms with Crippen LogP contribution in [-0.4, -0.2) is 53.0 Å². The van der Waals surface area contributed by atoms with Gasteiger partial charge >= 0.3 is 0 Å². The third kappa shape index (κ3) is 4.79. The van der Waals surface area contributed by atoms with Gasteiger partial charge in [-0.05, 0) is 55.7 Å². The zero-order valence-corrected chi connectivity index (χ0v) is 22.9. The molecule has 2 N–H and O–H groups in total. The number of nitrogens with zero attached hydrogens (tertiary/aromatic N) is 1. The Labute approximate surface area is 235 Å². The minimum atomic E-state index is -1.12. The zero-order chi connectivity index (χ0) is 27.7. The van der Waals surface area contributed by atoms with Crippen molar-refractivity contribution in [3.05, 3.63) is 66.7 Å². The van der Waals surface area contributed by atoms with Gasteiger partial charge in [-0.25, -0.2) is 0 Å². The van der Waals surface area contributed by atoms with E-state index in [2.05, 4.69) is 17.6 Å². The first kappa shape index (κ1) is 26.6. The van der Waals surface area contributed by atoms with Gasteiger partial charge in [0.2, 0.25) is 17.7 Å². The predicted molar refractivity (Wildman–Crippen MR) is 151 cm³/mol. The molecular weight excluding hydrogens is 506 g/mol. The molecule has 6 rings (SSSR count). The minimum absolute atomic E-state index is 0.121. The van der Waals surface area contributed by atoms with E-state index in [1.165, 1.54) is 6.42 Å². The Bertz CT molecular complexity index is 1270. The normalized spacial score (nSPS) is 28.9. The molecule has 4 aliphatic rings. The number of unbranched alkanes of at least 4 members (excludes halogenated alkanes) is 1. The van der Waals surface area contributed by atoms with Gasteiger partial charge in [0, 0.05) is 18.3 Å². The largest absolute Gasteiger partial charge is 0.457 e. The summed E-state index contributed by atoms with van der Waals surface area (Å²) < 4.78 is 12.3. The van der Waals surface area contributed by atoms with E-state index in [-0.39, 0.29) is 23.8 Å². The highest BCUT2D eigenvalue weighted by molar-refractivity contribution is 6.02. The van der Waals surface area contributed by atoms with Crippen molar-refractivity contribution in [2.24, 2.45) is 11.8 Å². The highest BCUT2D eigenvalue weighted by Crippen LogP contribution is 2.55. The van der Waals surface area contributed by atoms with E-state index in [1.807, 2.05) is 42.5 Å². The van der Waals surface area contributed by atoms with Crippen LogP contribution in [0.5, 0.6) is 11.5 Å². The number of rotatable bonds is 9. The summed E-state index contributed by atoms with van der Waals surface area (Å²) in [4.78, 5) is 43.0. The van der Waals surface area contributed by atoms with Crippen molar-refractivity contribution in [2.45, 2.75) is 75.7 Å². The van der Waals surface area contributed by atoms with Crippen LogP contribution in [0.25, 0.3) is 0 Å². The maximum absolute atomic E-state index is 13.9. The molecular formula is C32H37N3O5. The first-order valence-electron chi connectivity index (χ1n) is 14.6. The Morgan fingerprint density at radius 1 is 1.00 bits per heavy atom. The van der Waals surface area contributed by atoms with Crippen molar-refractivity contribution in [2.75, 3.05) is 11.9 Å². The van der Waals surface area contributed by atoms with Gasteiger partial charge in [-0.3, -0.25) is 14.4 Å². The first-order valence-corrected chi connectivity index (χ1v) is 14.6. The second kappa shape index (κ2) is 11.1. The van der Waals surface area contributed by atoms with Gasteiger partial charge < -0.3 is 25.0 Å². The number of likely N-dealkylation sites (tertiary alicyclic amines) is 1. The van der Waals surface area contributed by atoms with E-state index in [4.69, 9.17) is 9.47 Å². The molecule has 3 aliphatic heterocycles. The Hall–Kier alpha value is -3.65. The average molecular weight is 544 g/mol. The lowest BCUT2D eigenvalue weighted by Gasteiger charge is -2.34. The molecule has 2 aromatic carbocycles. The molecule has 0 unspecified atom stereocenters. The van der Waals surface area contributed by atoms with Crippen molar-refractivity contribution in [3.8, 4) is 11.5 Å². The van der Waals surface area contributed by atoms with Gasteiger partial charge in [-0.2, -0.15) is 0 Å². The van der Waals surface area contributed by atoms with Gasteiger partial charge in [0.25, 0.3) is 0 Å². The molecule has 1 aliphatic carbocycles. The summed E-state index contributed by atoms with van der Waals surface area (Å²) >= 11 is 0. The average Bonchev–Trinajstić information content (AvgIpc) is 3.61. The van der Waals surface area contributed by atoms with Crippen LogP contribution < -0.4 is 15.4 Å². The van der Waals surface area contributed by atoms with E-state index in [9.17, 15) is 14.4 Å². The Morgan fingerprint density at radius 2 is 1.73 bits per heavy atom. The number of nitrogens with one attached hydrogen (secondary N) is 2. The molecule has 0 aromatic heterocycles. The highest BCUT2D eigenvalue weighted by Gasteiger charge is 2.72. The zero-order valence-electron chi connectivity index (χ0n) is 22.9. The molecule has 1 spiro atoms. The van der Waals surface area contributed by atoms with E-state index < -0.39 is 29.6 Å². The molecule has 8 heteroatoms. The van der Waals surface area contributed by atoms with Gasteiger partial charge in [-0.1, -0.05) is 63.0 Å². The predicted octanol–water partition coefficient (Wildman–Crippen LogP) is 4.82. The first-order chi connectivity index (χ1) is 19.5. The summed E-state index contributed by atoms with van der Waals surface area (Å²) in [6.45, 7) is 2.53. The number of para-hydroxylation sites is 1. The fraction of sp³-hybridized carbons (Fsp3) is 0.469. The monoisotopic (exact) mass is 543 g/mol. The number of hydrogen-bond donors (Lipinski definition) is 2.